The number of Topliss-reactive ketones (excluding diaryl/α,β-unsaturated/α-hetero) is 1. The van der Waals surface area contributed by atoms with Gasteiger partial charge >= 0.3 is 0 Å². The second-order valence-electron chi connectivity index (χ2n) is 6.16. The van der Waals surface area contributed by atoms with Gasteiger partial charge in [-0.15, -0.1) is 0 Å². The van der Waals surface area contributed by atoms with E-state index in [0.717, 1.165) is 37.9 Å². The van der Waals surface area contributed by atoms with Crippen LogP contribution in [0.2, 0.25) is 0 Å². The van der Waals surface area contributed by atoms with Crippen molar-refractivity contribution in [3.8, 4) is 0 Å². The molecule has 3 nitrogen and oxygen atoms in total. The first kappa shape index (κ1) is 13.8. The van der Waals surface area contributed by atoms with Crippen LogP contribution in [0.4, 0.5) is 0 Å². The lowest BCUT2D eigenvalue weighted by Crippen LogP contribution is -2.43. The number of fused-ring (bicyclic) bond motifs is 1. The fraction of sp³-hybridized carbons (Fsp3) is 0.588. The molecule has 1 N–H and O–H groups in total. The Bertz CT molecular complexity index is 492. The van der Waals surface area contributed by atoms with Gasteiger partial charge in [-0.2, -0.15) is 0 Å². The van der Waals surface area contributed by atoms with E-state index in [0.29, 0.717) is 12.6 Å². The number of hydrogen-bond acceptors (Lipinski definition) is 3. The van der Waals surface area contributed by atoms with E-state index in [-0.39, 0.29) is 5.78 Å². The predicted molar refractivity (Wildman–Crippen MR) is 81.3 cm³/mol. The highest BCUT2D eigenvalue weighted by atomic mass is 16.1. The summed E-state index contributed by atoms with van der Waals surface area (Å²) in [7, 11) is 2.08. The molecule has 3 heteroatoms. The van der Waals surface area contributed by atoms with Crippen molar-refractivity contribution in [3.63, 3.8) is 0 Å². The van der Waals surface area contributed by atoms with E-state index in [2.05, 4.69) is 29.4 Å². The van der Waals surface area contributed by atoms with E-state index in [4.69, 9.17) is 0 Å². The van der Waals surface area contributed by atoms with Crippen molar-refractivity contribution in [1.29, 1.82) is 0 Å². The van der Waals surface area contributed by atoms with E-state index in [1.54, 1.807) is 0 Å². The number of hydrogen-bond donors (Lipinski definition) is 1. The minimum Gasteiger partial charge on any atom is -0.317 e. The van der Waals surface area contributed by atoms with E-state index in [1.165, 1.54) is 24.0 Å². The number of piperidine rings is 1. The van der Waals surface area contributed by atoms with E-state index in [9.17, 15) is 4.79 Å². The highest BCUT2D eigenvalue weighted by Gasteiger charge is 2.21. The summed E-state index contributed by atoms with van der Waals surface area (Å²) in [6.07, 6.45) is 5.85. The number of aryl methyl sites for hydroxylation is 2. The topological polar surface area (TPSA) is 32.3 Å². The number of rotatable bonds is 4. The number of ketones is 1. The zero-order valence-electron chi connectivity index (χ0n) is 12.3. The fourth-order valence-corrected chi connectivity index (χ4v) is 3.44. The van der Waals surface area contributed by atoms with Crippen molar-refractivity contribution in [2.75, 3.05) is 26.7 Å². The summed E-state index contributed by atoms with van der Waals surface area (Å²) in [6.45, 7) is 2.69. The van der Waals surface area contributed by atoms with Gasteiger partial charge in [0, 0.05) is 11.6 Å². The maximum atomic E-state index is 12.4. The lowest BCUT2D eigenvalue weighted by Gasteiger charge is -2.31. The minimum absolute atomic E-state index is 0.265. The van der Waals surface area contributed by atoms with Crippen LogP contribution in [0, 0.1) is 0 Å². The molecule has 0 bridgehead atoms. The highest BCUT2D eigenvalue weighted by molar-refractivity contribution is 5.97. The van der Waals surface area contributed by atoms with Gasteiger partial charge in [0.15, 0.2) is 5.78 Å². The van der Waals surface area contributed by atoms with Crippen LogP contribution < -0.4 is 5.32 Å². The van der Waals surface area contributed by atoms with Crippen molar-refractivity contribution < 1.29 is 4.79 Å². The summed E-state index contributed by atoms with van der Waals surface area (Å²) in [6, 6.07) is 6.85. The molecule has 1 aromatic rings. The largest absolute Gasteiger partial charge is 0.317 e. The van der Waals surface area contributed by atoms with Gasteiger partial charge < -0.3 is 5.32 Å². The average molecular weight is 272 g/mol. The lowest BCUT2D eigenvalue weighted by atomic mass is 10.0. The molecule has 0 unspecified atom stereocenters. The molecule has 1 heterocycles. The predicted octanol–water partition coefficient (Wildman–Crippen LogP) is 2.04. The van der Waals surface area contributed by atoms with Gasteiger partial charge in [-0.1, -0.05) is 12.1 Å². The number of carbonyl (C=O) groups is 1. The van der Waals surface area contributed by atoms with Gasteiger partial charge in [0.1, 0.15) is 0 Å². The summed E-state index contributed by atoms with van der Waals surface area (Å²) in [4.78, 5) is 14.7. The van der Waals surface area contributed by atoms with Gasteiger partial charge in [0.2, 0.25) is 0 Å². The first-order valence-electron chi connectivity index (χ1n) is 7.80. The second-order valence-corrected chi connectivity index (χ2v) is 6.16. The van der Waals surface area contributed by atoms with Crippen LogP contribution in [0.5, 0.6) is 0 Å². The fourth-order valence-electron chi connectivity index (χ4n) is 3.44. The third kappa shape index (κ3) is 2.94. The molecule has 0 atom stereocenters. The summed E-state index contributed by atoms with van der Waals surface area (Å²) in [5.74, 6) is 0.265. The normalized spacial score (nSPS) is 19.3. The molecular formula is C17H24N2O. The molecule has 20 heavy (non-hydrogen) atoms. The SMILES string of the molecule is CN(CC(=O)c1ccc2c(c1)CCC2)C1CCNCC1. The molecule has 0 aromatic heterocycles. The summed E-state index contributed by atoms with van der Waals surface area (Å²) in [5.41, 5.74) is 3.72. The van der Waals surface area contributed by atoms with Crippen LogP contribution in [0.1, 0.15) is 40.7 Å². The Morgan fingerprint density at radius 3 is 2.80 bits per heavy atom. The Kier molecular flexibility index (Phi) is 4.18. The maximum Gasteiger partial charge on any atom is 0.176 e. The highest BCUT2D eigenvalue weighted by Crippen LogP contribution is 2.23. The molecule has 0 spiro atoms. The molecular weight excluding hydrogens is 248 g/mol. The molecule has 0 saturated carbocycles. The van der Waals surface area contributed by atoms with Crippen LogP contribution >= 0.6 is 0 Å². The number of likely N-dealkylation sites (N-methyl/N-ethyl adjacent to an activating group) is 1. The quantitative estimate of drug-likeness (QED) is 0.851. The number of benzene rings is 1. The molecule has 1 aliphatic carbocycles. The van der Waals surface area contributed by atoms with Crippen molar-refractivity contribution in [3.05, 3.63) is 34.9 Å². The van der Waals surface area contributed by atoms with Crippen LogP contribution in [-0.2, 0) is 12.8 Å². The summed E-state index contributed by atoms with van der Waals surface area (Å²) < 4.78 is 0. The van der Waals surface area contributed by atoms with Gasteiger partial charge in [-0.3, -0.25) is 9.69 Å². The Labute approximate surface area is 121 Å². The maximum absolute atomic E-state index is 12.4. The van der Waals surface area contributed by atoms with E-state index >= 15 is 0 Å². The molecule has 3 rings (SSSR count). The number of nitrogens with one attached hydrogen (secondary N) is 1. The first-order chi connectivity index (χ1) is 9.74. The van der Waals surface area contributed by atoms with Crippen LogP contribution in [0.25, 0.3) is 0 Å². The Balaban J connectivity index is 1.63. The van der Waals surface area contributed by atoms with E-state index in [1.807, 2.05) is 6.07 Å². The van der Waals surface area contributed by atoms with Crippen LogP contribution in [-0.4, -0.2) is 43.4 Å². The Morgan fingerprint density at radius 2 is 2.00 bits per heavy atom. The van der Waals surface area contributed by atoms with Crippen molar-refractivity contribution >= 4 is 5.78 Å². The summed E-state index contributed by atoms with van der Waals surface area (Å²) in [5, 5.41) is 3.37. The molecule has 108 valence electrons. The molecule has 1 saturated heterocycles. The second kappa shape index (κ2) is 6.06. The third-order valence-electron chi connectivity index (χ3n) is 4.75. The molecule has 1 aromatic carbocycles. The van der Waals surface area contributed by atoms with Gasteiger partial charge in [-0.25, -0.2) is 0 Å². The zero-order chi connectivity index (χ0) is 13.9. The molecule has 0 radical (unpaired) electrons. The van der Waals surface area contributed by atoms with Crippen LogP contribution in [0.15, 0.2) is 18.2 Å². The van der Waals surface area contributed by atoms with Crippen molar-refractivity contribution in [2.45, 2.75) is 38.1 Å². The first-order valence-corrected chi connectivity index (χ1v) is 7.80. The summed E-state index contributed by atoms with van der Waals surface area (Å²) >= 11 is 0. The molecule has 2 aliphatic rings. The average Bonchev–Trinajstić information content (AvgIpc) is 2.95. The monoisotopic (exact) mass is 272 g/mol. The Hall–Kier alpha value is -1.19. The Morgan fingerprint density at radius 1 is 1.25 bits per heavy atom. The smallest absolute Gasteiger partial charge is 0.176 e. The lowest BCUT2D eigenvalue weighted by molar-refractivity contribution is 0.0903. The number of carbonyl (C=O) groups excluding carboxylic acids is 1. The molecule has 1 fully saturated rings. The molecule has 0 amide bonds. The number of nitrogens with zero attached hydrogens (tertiary/aromatic N) is 1. The van der Waals surface area contributed by atoms with Gasteiger partial charge in [-0.05, 0) is 69.4 Å². The standard InChI is InChI=1S/C17H24N2O/c1-19(16-7-9-18-10-8-16)12-17(20)15-6-5-13-3-2-4-14(13)11-15/h5-6,11,16,18H,2-4,7-10,12H2,1H3. The van der Waals surface area contributed by atoms with Gasteiger partial charge in [0.25, 0.3) is 0 Å². The third-order valence-corrected chi connectivity index (χ3v) is 4.75. The zero-order valence-corrected chi connectivity index (χ0v) is 12.3. The van der Waals surface area contributed by atoms with Crippen molar-refractivity contribution in [2.24, 2.45) is 0 Å². The van der Waals surface area contributed by atoms with Crippen molar-refractivity contribution in [1.82, 2.24) is 10.2 Å². The molecule has 1 aliphatic heterocycles. The minimum atomic E-state index is 0.265. The van der Waals surface area contributed by atoms with Gasteiger partial charge in [0.05, 0.1) is 6.54 Å². The van der Waals surface area contributed by atoms with Crippen LogP contribution in [0.3, 0.4) is 0 Å². The van der Waals surface area contributed by atoms with E-state index < -0.39 is 0 Å².